The lowest BCUT2D eigenvalue weighted by molar-refractivity contribution is 0.172. The van der Waals surface area contributed by atoms with Crippen LogP contribution in [0, 0.1) is 0 Å². The quantitative estimate of drug-likeness (QED) is 0.259. The minimum Gasteiger partial charge on any atom is -0.383 e. The van der Waals surface area contributed by atoms with Gasteiger partial charge in [-0.05, 0) is 63.5 Å². The molecule has 0 amide bonds. The number of H-pyrrole nitrogens is 1. The Morgan fingerprint density at radius 3 is 2.41 bits per heavy atom. The summed E-state index contributed by atoms with van der Waals surface area (Å²) < 4.78 is 7.08. The van der Waals surface area contributed by atoms with E-state index in [-0.39, 0.29) is 5.56 Å². The maximum Gasteiger partial charge on any atom is 0.253 e. The van der Waals surface area contributed by atoms with Crippen molar-refractivity contribution in [2.45, 2.75) is 38.9 Å². The second kappa shape index (κ2) is 12.6. The van der Waals surface area contributed by atoms with Gasteiger partial charge in [-0.2, -0.15) is 0 Å². The van der Waals surface area contributed by atoms with Crippen LogP contribution < -0.4 is 5.56 Å². The fraction of sp³-hybridized carbons (Fsp3) is 0.290. The predicted molar refractivity (Wildman–Crippen MR) is 152 cm³/mol. The molecule has 0 fully saturated rings. The highest BCUT2D eigenvalue weighted by molar-refractivity contribution is 5.80. The molecule has 200 valence electrons. The van der Waals surface area contributed by atoms with Gasteiger partial charge in [0.1, 0.15) is 6.04 Å². The summed E-state index contributed by atoms with van der Waals surface area (Å²) in [6.45, 7) is 4.40. The number of aromatic amines is 1. The van der Waals surface area contributed by atoms with E-state index in [9.17, 15) is 4.79 Å². The minimum atomic E-state index is -0.473. The number of nitrogens with one attached hydrogen (secondary N) is 1. The largest absolute Gasteiger partial charge is 0.383 e. The molecular weight excluding hydrogens is 488 g/mol. The van der Waals surface area contributed by atoms with E-state index in [1.165, 1.54) is 11.1 Å². The number of pyridine rings is 1. The number of benzene rings is 3. The zero-order valence-corrected chi connectivity index (χ0v) is 22.5. The highest BCUT2D eigenvalue weighted by atomic mass is 16.5. The van der Waals surface area contributed by atoms with Gasteiger partial charge in [0.25, 0.3) is 5.56 Å². The van der Waals surface area contributed by atoms with Crippen molar-refractivity contribution >= 4 is 10.9 Å². The van der Waals surface area contributed by atoms with Crippen LogP contribution in [-0.2, 0) is 30.7 Å². The maximum atomic E-state index is 13.7. The van der Waals surface area contributed by atoms with Gasteiger partial charge in [-0.1, -0.05) is 73.7 Å². The van der Waals surface area contributed by atoms with Crippen LogP contribution in [0.5, 0.6) is 0 Å². The molecule has 8 heteroatoms. The summed E-state index contributed by atoms with van der Waals surface area (Å²) in [5, 5.41) is 13.7. The third-order valence-electron chi connectivity index (χ3n) is 7.08. The number of aryl methyl sites for hydroxylation is 1. The van der Waals surface area contributed by atoms with E-state index in [0.29, 0.717) is 37.6 Å². The zero-order chi connectivity index (χ0) is 27.0. The molecule has 5 rings (SSSR count). The van der Waals surface area contributed by atoms with Crippen LogP contribution in [0.1, 0.15) is 41.0 Å². The first kappa shape index (κ1) is 26.5. The lowest BCUT2D eigenvalue weighted by atomic mass is 10.0. The van der Waals surface area contributed by atoms with Gasteiger partial charge in [0.15, 0.2) is 5.82 Å². The molecule has 5 aromatic rings. The van der Waals surface area contributed by atoms with Crippen molar-refractivity contribution in [3.8, 4) is 0 Å². The van der Waals surface area contributed by atoms with E-state index in [0.717, 1.165) is 29.3 Å². The van der Waals surface area contributed by atoms with Crippen LogP contribution in [0.2, 0.25) is 0 Å². The second-order valence-electron chi connectivity index (χ2n) is 9.68. The van der Waals surface area contributed by atoms with Crippen LogP contribution in [0.15, 0.2) is 89.7 Å². The Bertz CT molecular complexity index is 1550. The smallest absolute Gasteiger partial charge is 0.253 e. The lowest BCUT2D eigenvalue weighted by Gasteiger charge is -2.31. The number of nitrogens with zero attached hydrogens (tertiary/aromatic N) is 5. The molecule has 8 nitrogen and oxygen atoms in total. The van der Waals surface area contributed by atoms with Gasteiger partial charge in [0, 0.05) is 31.3 Å². The van der Waals surface area contributed by atoms with Crippen molar-refractivity contribution in [3.63, 3.8) is 0 Å². The van der Waals surface area contributed by atoms with E-state index in [2.05, 4.69) is 80.9 Å². The summed E-state index contributed by atoms with van der Waals surface area (Å²) >= 11 is 0. The Balaban J connectivity index is 1.64. The Kier molecular flexibility index (Phi) is 8.55. The highest BCUT2D eigenvalue weighted by Crippen LogP contribution is 2.29. The average molecular weight is 523 g/mol. The highest BCUT2D eigenvalue weighted by Gasteiger charge is 2.30. The van der Waals surface area contributed by atoms with Crippen molar-refractivity contribution in [1.29, 1.82) is 0 Å². The van der Waals surface area contributed by atoms with Crippen LogP contribution in [0.3, 0.4) is 0 Å². The number of hydrogen-bond acceptors (Lipinski definition) is 6. The monoisotopic (exact) mass is 522 g/mol. The summed E-state index contributed by atoms with van der Waals surface area (Å²) in [5.41, 5.74) is 4.89. The second-order valence-corrected chi connectivity index (χ2v) is 9.68. The molecule has 0 radical (unpaired) electrons. The van der Waals surface area contributed by atoms with Gasteiger partial charge in [-0.3, -0.25) is 9.69 Å². The first-order valence-corrected chi connectivity index (χ1v) is 13.4. The van der Waals surface area contributed by atoms with Crippen molar-refractivity contribution in [2.75, 3.05) is 20.3 Å². The van der Waals surface area contributed by atoms with Gasteiger partial charge in [0.2, 0.25) is 0 Å². The number of hydrogen-bond donors (Lipinski definition) is 1. The summed E-state index contributed by atoms with van der Waals surface area (Å²) in [6, 6.07) is 28.4. The van der Waals surface area contributed by atoms with Gasteiger partial charge in [-0.25, -0.2) is 4.68 Å². The molecule has 3 aromatic carbocycles. The molecule has 1 atom stereocenters. The molecular formula is C31H34N6O2. The van der Waals surface area contributed by atoms with E-state index >= 15 is 0 Å². The van der Waals surface area contributed by atoms with E-state index in [1.807, 2.05) is 36.4 Å². The standard InChI is InChI=1S/C31H34N6O2/c1-3-23-14-15-28-26(20-23)21-27(31(38)32-28)29(30-33-34-35-37(30)18-19-39-2)36(22-25-12-8-5-9-13-25)17-16-24-10-6-4-7-11-24/h4-15,20-21,29H,3,16-19,22H2,1-2H3,(H,32,38). The molecule has 1 N–H and O–H groups in total. The Hall–Kier alpha value is -4.14. The first-order chi connectivity index (χ1) is 19.2. The zero-order valence-electron chi connectivity index (χ0n) is 22.5. The summed E-state index contributed by atoms with van der Waals surface area (Å²) in [6.07, 6.45) is 1.73. The first-order valence-electron chi connectivity index (χ1n) is 13.4. The van der Waals surface area contributed by atoms with E-state index < -0.39 is 6.04 Å². The third kappa shape index (κ3) is 6.30. The Morgan fingerprint density at radius 1 is 0.949 bits per heavy atom. The molecule has 0 aliphatic carbocycles. The van der Waals surface area contributed by atoms with Crippen molar-refractivity contribution in [3.05, 3.63) is 123 Å². The fourth-order valence-electron chi connectivity index (χ4n) is 4.97. The molecule has 2 aromatic heterocycles. The topological polar surface area (TPSA) is 88.9 Å². The fourth-order valence-corrected chi connectivity index (χ4v) is 4.97. The Morgan fingerprint density at radius 2 is 1.69 bits per heavy atom. The van der Waals surface area contributed by atoms with Crippen LogP contribution >= 0.6 is 0 Å². The molecule has 0 bridgehead atoms. The number of aromatic nitrogens is 5. The van der Waals surface area contributed by atoms with E-state index in [4.69, 9.17) is 4.74 Å². The van der Waals surface area contributed by atoms with Crippen molar-refractivity contribution < 1.29 is 4.74 Å². The number of tetrazole rings is 1. The van der Waals surface area contributed by atoms with Crippen molar-refractivity contribution in [2.24, 2.45) is 0 Å². The van der Waals surface area contributed by atoms with Gasteiger partial charge < -0.3 is 9.72 Å². The average Bonchev–Trinajstić information content (AvgIpc) is 3.44. The van der Waals surface area contributed by atoms with Crippen LogP contribution in [0.4, 0.5) is 0 Å². The van der Waals surface area contributed by atoms with Crippen LogP contribution in [0.25, 0.3) is 10.9 Å². The molecule has 0 spiro atoms. The predicted octanol–water partition coefficient (Wildman–Crippen LogP) is 4.56. The molecule has 0 aliphatic heterocycles. The van der Waals surface area contributed by atoms with Gasteiger partial charge >= 0.3 is 0 Å². The number of methoxy groups -OCH3 is 1. The molecule has 2 heterocycles. The third-order valence-corrected chi connectivity index (χ3v) is 7.08. The number of fused-ring (bicyclic) bond motifs is 1. The van der Waals surface area contributed by atoms with E-state index in [1.54, 1.807) is 11.8 Å². The number of ether oxygens (including phenoxy) is 1. The molecule has 0 aliphatic rings. The summed E-state index contributed by atoms with van der Waals surface area (Å²) in [5.74, 6) is 0.618. The number of rotatable bonds is 12. The summed E-state index contributed by atoms with van der Waals surface area (Å²) in [4.78, 5) is 19.1. The van der Waals surface area contributed by atoms with Crippen molar-refractivity contribution in [1.82, 2.24) is 30.1 Å². The van der Waals surface area contributed by atoms with Crippen LogP contribution in [-0.4, -0.2) is 50.4 Å². The Labute approximate surface area is 228 Å². The SMILES string of the molecule is CCc1ccc2[nH]c(=O)c(C(c3nnnn3CCOC)N(CCc3ccccc3)Cc3ccccc3)cc2c1. The summed E-state index contributed by atoms with van der Waals surface area (Å²) in [7, 11) is 1.66. The molecule has 0 saturated heterocycles. The lowest BCUT2D eigenvalue weighted by Crippen LogP contribution is -2.36. The van der Waals surface area contributed by atoms with Gasteiger partial charge in [-0.15, -0.1) is 5.10 Å². The normalized spacial score (nSPS) is 12.3. The maximum absolute atomic E-state index is 13.7. The molecule has 1 unspecified atom stereocenters. The molecule has 39 heavy (non-hydrogen) atoms. The minimum absolute atomic E-state index is 0.143. The molecule has 0 saturated carbocycles. The van der Waals surface area contributed by atoms with Gasteiger partial charge in [0.05, 0.1) is 13.2 Å².